The highest BCUT2D eigenvalue weighted by Gasteiger charge is 2.03. The fraction of sp³-hybridized carbons (Fsp3) is 0.125. The number of fused-ring (bicyclic) bond motifs is 1. The molecule has 0 radical (unpaired) electrons. The van der Waals surface area contributed by atoms with Gasteiger partial charge < -0.3 is 4.98 Å². The monoisotopic (exact) mass is 239 g/mol. The maximum Gasteiger partial charge on any atom is 0.123 e. The SMILES string of the molecule is Cc1cccc2[nH]c(Cc3ccc(F)cc3)cc12. The molecule has 1 nitrogen and oxygen atoms in total. The standard InChI is InChI=1S/C16H14FN/c1-11-3-2-4-16-15(11)10-14(18-16)9-12-5-7-13(17)8-6-12/h2-8,10,18H,9H2,1H3. The molecule has 0 bridgehead atoms. The number of hydrogen-bond donors (Lipinski definition) is 1. The van der Waals surface area contributed by atoms with E-state index in [1.165, 1.54) is 23.1 Å². The first-order valence-corrected chi connectivity index (χ1v) is 6.04. The second kappa shape index (κ2) is 4.30. The topological polar surface area (TPSA) is 15.8 Å². The molecule has 2 aromatic carbocycles. The number of aromatic nitrogens is 1. The highest BCUT2D eigenvalue weighted by molar-refractivity contribution is 5.83. The summed E-state index contributed by atoms with van der Waals surface area (Å²) in [5.74, 6) is -0.189. The number of hydrogen-bond acceptors (Lipinski definition) is 0. The summed E-state index contributed by atoms with van der Waals surface area (Å²) < 4.78 is 12.8. The van der Waals surface area contributed by atoms with Crippen LogP contribution in [0.5, 0.6) is 0 Å². The van der Waals surface area contributed by atoms with Crippen molar-refractivity contribution in [3.63, 3.8) is 0 Å². The summed E-state index contributed by atoms with van der Waals surface area (Å²) in [6.45, 7) is 2.11. The molecule has 0 aliphatic heterocycles. The van der Waals surface area contributed by atoms with Crippen LogP contribution >= 0.6 is 0 Å². The molecule has 1 aromatic heterocycles. The van der Waals surface area contributed by atoms with Crippen LogP contribution in [0.1, 0.15) is 16.8 Å². The Hall–Kier alpha value is -2.09. The normalized spacial score (nSPS) is 11.0. The van der Waals surface area contributed by atoms with Gasteiger partial charge in [0.05, 0.1) is 0 Å². The van der Waals surface area contributed by atoms with Gasteiger partial charge in [0.25, 0.3) is 0 Å². The Labute approximate surface area is 105 Å². The Kier molecular flexibility index (Phi) is 2.63. The van der Waals surface area contributed by atoms with E-state index in [2.05, 4.69) is 36.2 Å². The lowest BCUT2D eigenvalue weighted by atomic mass is 10.1. The molecule has 0 saturated heterocycles. The molecule has 3 aromatic rings. The lowest BCUT2D eigenvalue weighted by Gasteiger charge is -1.98. The molecule has 0 fully saturated rings. The van der Waals surface area contributed by atoms with Crippen LogP contribution in [0.25, 0.3) is 10.9 Å². The van der Waals surface area contributed by atoms with Crippen molar-refractivity contribution in [1.29, 1.82) is 0 Å². The van der Waals surface area contributed by atoms with E-state index in [0.29, 0.717) is 0 Å². The number of benzene rings is 2. The molecule has 0 aliphatic carbocycles. The van der Waals surface area contributed by atoms with E-state index >= 15 is 0 Å². The summed E-state index contributed by atoms with van der Waals surface area (Å²) >= 11 is 0. The van der Waals surface area contributed by atoms with Crippen molar-refractivity contribution >= 4 is 10.9 Å². The third-order valence-corrected chi connectivity index (χ3v) is 3.25. The van der Waals surface area contributed by atoms with Crippen molar-refractivity contribution in [2.24, 2.45) is 0 Å². The van der Waals surface area contributed by atoms with Crippen LogP contribution in [0.15, 0.2) is 48.5 Å². The Morgan fingerprint density at radius 2 is 1.83 bits per heavy atom. The van der Waals surface area contributed by atoms with Crippen molar-refractivity contribution in [3.8, 4) is 0 Å². The predicted octanol–water partition coefficient (Wildman–Crippen LogP) is 4.21. The summed E-state index contributed by atoms with van der Waals surface area (Å²) in [6.07, 6.45) is 0.800. The molecule has 2 heteroatoms. The number of halogens is 1. The van der Waals surface area contributed by atoms with E-state index in [1.807, 2.05) is 12.1 Å². The number of aryl methyl sites for hydroxylation is 1. The minimum Gasteiger partial charge on any atom is -0.358 e. The van der Waals surface area contributed by atoms with Gasteiger partial charge >= 0.3 is 0 Å². The molecule has 1 N–H and O–H groups in total. The number of aromatic amines is 1. The van der Waals surface area contributed by atoms with Crippen LogP contribution in [0, 0.1) is 12.7 Å². The van der Waals surface area contributed by atoms with Crippen LogP contribution < -0.4 is 0 Å². The van der Waals surface area contributed by atoms with Crippen molar-refractivity contribution < 1.29 is 4.39 Å². The highest BCUT2D eigenvalue weighted by atomic mass is 19.1. The molecule has 18 heavy (non-hydrogen) atoms. The second-order valence-electron chi connectivity index (χ2n) is 4.63. The smallest absolute Gasteiger partial charge is 0.123 e. The zero-order chi connectivity index (χ0) is 12.5. The van der Waals surface area contributed by atoms with E-state index in [0.717, 1.165) is 23.2 Å². The van der Waals surface area contributed by atoms with Gasteiger partial charge in [0.1, 0.15) is 5.82 Å². The number of H-pyrrole nitrogens is 1. The Balaban J connectivity index is 1.95. The Morgan fingerprint density at radius 3 is 2.56 bits per heavy atom. The van der Waals surface area contributed by atoms with E-state index in [1.54, 1.807) is 0 Å². The molecular formula is C16H14FN. The van der Waals surface area contributed by atoms with Crippen molar-refractivity contribution in [2.75, 3.05) is 0 Å². The molecule has 0 atom stereocenters. The summed E-state index contributed by atoms with van der Waals surface area (Å²) in [6, 6.07) is 15.1. The predicted molar refractivity (Wildman–Crippen MR) is 72.2 cm³/mol. The van der Waals surface area contributed by atoms with Gasteiger partial charge in [-0.25, -0.2) is 4.39 Å². The second-order valence-corrected chi connectivity index (χ2v) is 4.63. The summed E-state index contributed by atoms with van der Waals surface area (Å²) in [7, 11) is 0. The molecule has 90 valence electrons. The first-order valence-electron chi connectivity index (χ1n) is 6.04. The van der Waals surface area contributed by atoms with E-state index < -0.39 is 0 Å². The molecule has 0 spiro atoms. The molecule has 3 rings (SSSR count). The third-order valence-electron chi connectivity index (χ3n) is 3.25. The van der Waals surface area contributed by atoms with Gasteiger partial charge in [-0.1, -0.05) is 24.3 Å². The van der Waals surface area contributed by atoms with Gasteiger partial charge in [0, 0.05) is 23.0 Å². The summed E-state index contributed by atoms with van der Waals surface area (Å²) in [4.78, 5) is 3.41. The number of rotatable bonds is 2. The number of nitrogens with one attached hydrogen (secondary N) is 1. The van der Waals surface area contributed by atoms with Gasteiger partial charge in [0.15, 0.2) is 0 Å². The molecular weight excluding hydrogens is 225 g/mol. The maximum absolute atomic E-state index is 12.8. The van der Waals surface area contributed by atoms with E-state index in [9.17, 15) is 4.39 Å². The minimum absolute atomic E-state index is 0.189. The van der Waals surface area contributed by atoms with Crippen molar-refractivity contribution in [1.82, 2.24) is 4.98 Å². The van der Waals surface area contributed by atoms with Gasteiger partial charge in [0.2, 0.25) is 0 Å². The van der Waals surface area contributed by atoms with Crippen molar-refractivity contribution in [3.05, 3.63) is 71.2 Å². The van der Waals surface area contributed by atoms with Gasteiger partial charge in [-0.2, -0.15) is 0 Å². The quantitative estimate of drug-likeness (QED) is 0.689. The molecule has 0 aliphatic rings. The lowest BCUT2D eigenvalue weighted by Crippen LogP contribution is -1.87. The zero-order valence-corrected chi connectivity index (χ0v) is 10.2. The molecule has 0 unspecified atom stereocenters. The molecule has 0 saturated carbocycles. The van der Waals surface area contributed by atoms with Gasteiger partial charge in [-0.15, -0.1) is 0 Å². The average Bonchev–Trinajstić information content (AvgIpc) is 2.76. The van der Waals surface area contributed by atoms with Crippen molar-refractivity contribution in [2.45, 2.75) is 13.3 Å². The minimum atomic E-state index is -0.189. The van der Waals surface area contributed by atoms with Crippen LogP contribution in [0.4, 0.5) is 4.39 Å². The van der Waals surface area contributed by atoms with Crippen LogP contribution in [-0.2, 0) is 6.42 Å². The Morgan fingerprint density at radius 1 is 1.06 bits per heavy atom. The Bertz CT molecular complexity index is 680. The third kappa shape index (κ3) is 2.02. The first-order chi connectivity index (χ1) is 8.72. The fourth-order valence-corrected chi connectivity index (χ4v) is 2.28. The summed E-state index contributed by atoms with van der Waals surface area (Å²) in [5, 5.41) is 1.26. The van der Waals surface area contributed by atoms with Crippen LogP contribution in [0.2, 0.25) is 0 Å². The lowest BCUT2D eigenvalue weighted by molar-refractivity contribution is 0.627. The van der Waals surface area contributed by atoms with Gasteiger partial charge in [-0.05, 0) is 42.3 Å². The van der Waals surface area contributed by atoms with Crippen LogP contribution in [0.3, 0.4) is 0 Å². The van der Waals surface area contributed by atoms with E-state index in [4.69, 9.17) is 0 Å². The maximum atomic E-state index is 12.8. The molecule has 0 amide bonds. The van der Waals surface area contributed by atoms with Gasteiger partial charge in [-0.3, -0.25) is 0 Å². The summed E-state index contributed by atoms with van der Waals surface area (Å²) in [5.41, 5.74) is 4.70. The largest absolute Gasteiger partial charge is 0.358 e. The highest BCUT2D eigenvalue weighted by Crippen LogP contribution is 2.20. The first kappa shape index (κ1) is 11.0. The fourth-order valence-electron chi connectivity index (χ4n) is 2.28. The zero-order valence-electron chi connectivity index (χ0n) is 10.2. The molecule has 1 heterocycles. The van der Waals surface area contributed by atoms with E-state index in [-0.39, 0.29) is 5.82 Å². The average molecular weight is 239 g/mol. The van der Waals surface area contributed by atoms with Crippen LogP contribution in [-0.4, -0.2) is 4.98 Å².